The summed E-state index contributed by atoms with van der Waals surface area (Å²) in [5.74, 6) is 0.540. The molecule has 0 aliphatic heterocycles. The monoisotopic (exact) mass is 349 g/mol. The van der Waals surface area contributed by atoms with Crippen LogP contribution in [0.4, 0.5) is 0 Å². The molecule has 1 aliphatic rings. The van der Waals surface area contributed by atoms with E-state index in [2.05, 4.69) is 10.3 Å². The summed E-state index contributed by atoms with van der Waals surface area (Å²) in [7, 11) is 0. The highest BCUT2D eigenvalue weighted by atomic mass is 16.5. The average molecular weight is 349 g/mol. The molecule has 26 heavy (non-hydrogen) atoms. The molecule has 1 N–H and O–H groups in total. The van der Waals surface area contributed by atoms with Crippen molar-refractivity contribution in [3.63, 3.8) is 0 Å². The molecule has 5 heteroatoms. The maximum Gasteiger partial charge on any atom is 0.251 e. The quantitative estimate of drug-likeness (QED) is 0.913. The van der Waals surface area contributed by atoms with Gasteiger partial charge in [0, 0.05) is 23.9 Å². The van der Waals surface area contributed by atoms with Crippen molar-refractivity contribution in [2.45, 2.75) is 51.7 Å². The molecule has 1 amide bonds. The lowest BCUT2D eigenvalue weighted by atomic mass is 9.92. The smallest absolute Gasteiger partial charge is 0.251 e. The molecule has 0 radical (unpaired) electrons. The number of aryl methyl sites for hydroxylation is 2. The van der Waals surface area contributed by atoms with Crippen LogP contribution in [0.3, 0.4) is 0 Å². The molecule has 1 saturated carbocycles. The first kappa shape index (κ1) is 17.9. The summed E-state index contributed by atoms with van der Waals surface area (Å²) in [5.41, 5.74) is 3.56. The lowest BCUT2D eigenvalue weighted by molar-refractivity contribution is 0.0890. The fraction of sp³-hybridized carbons (Fsp3) is 0.381. The molecule has 1 aromatic heterocycles. The first-order chi connectivity index (χ1) is 12.5. The Morgan fingerprint density at radius 3 is 2.54 bits per heavy atom. The van der Waals surface area contributed by atoms with Crippen LogP contribution < -0.4 is 10.1 Å². The van der Waals surface area contributed by atoms with E-state index in [1.807, 2.05) is 38.1 Å². The third kappa shape index (κ3) is 4.40. The van der Waals surface area contributed by atoms with E-state index in [4.69, 9.17) is 10.00 Å². The topological polar surface area (TPSA) is 75.0 Å². The third-order valence-electron chi connectivity index (χ3n) is 4.93. The Morgan fingerprint density at radius 1 is 1.15 bits per heavy atom. The SMILES string of the molecule is Cc1ccc(C(=O)NC2CCC(Oc3ccc(C#N)cn3)CC2)cc1C. The highest BCUT2D eigenvalue weighted by Gasteiger charge is 2.24. The Balaban J connectivity index is 1.49. The second-order valence-corrected chi connectivity index (χ2v) is 6.86. The average Bonchev–Trinajstić information content (AvgIpc) is 2.66. The Morgan fingerprint density at radius 2 is 1.92 bits per heavy atom. The van der Waals surface area contributed by atoms with Gasteiger partial charge < -0.3 is 10.1 Å². The van der Waals surface area contributed by atoms with Crippen molar-refractivity contribution in [1.29, 1.82) is 5.26 Å². The van der Waals surface area contributed by atoms with E-state index in [0.29, 0.717) is 17.0 Å². The molecule has 0 atom stereocenters. The second kappa shape index (κ2) is 8.01. The number of carbonyl (C=O) groups is 1. The summed E-state index contributed by atoms with van der Waals surface area (Å²) in [4.78, 5) is 16.6. The lowest BCUT2D eigenvalue weighted by Crippen LogP contribution is -2.39. The van der Waals surface area contributed by atoms with Crippen molar-refractivity contribution in [2.24, 2.45) is 0 Å². The molecule has 5 nitrogen and oxygen atoms in total. The zero-order valence-corrected chi connectivity index (χ0v) is 15.2. The van der Waals surface area contributed by atoms with Gasteiger partial charge in [-0.3, -0.25) is 4.79 Å². The molecule has 1 aliphatic carbocycles. The first-order valence-electron chi connectivity index (χ1n) is 8.96. The lowest BCUT2D eigenvalue weighted by Gasteiger charge is -2.29. The number of hydrogen-bond donors (Lipinski definition) is 1. The molecule has 0 spiro atoms. The van der Waals surface area contributed by atoms with Gasteiger partial charge in [-0.05, 0) is 68.9 Å². The summed E-state index contributed by atoms with van der Waals surface area (Å²) in [6.45, 7) is 4.06. The van der Waals surface area contributed by atoms with Gasteiger partial charge in [0.1, 0.15) is 12.2 Å². The van der Waals surface area contributed by atoms with Gasteiger partial charge in [-0.2, -0.15) is 5.26 Å². The summed E-state index contributed by atoms with van der Waals surface area (Å²) >= 11 is 0. The van der Waals surface area contributed by atoms with Gasteiger partial charge in [-0.1, -0.05) is 6.07 Å². The molecule has 0 bridgehead atoms. The number of ether oxygens (including phenoxy) is 1. The van der Waals surface area contributed by atoms with Crippen molar-refractivity contribution < 1.29 is 9.53 Å². The number of nitrogens with one attached hydrogen (secondary N) is 1. The molecule has 134 valence electrons. The standard InChI is InChI=1S/C21H23N3O2/c1-14-3-5-17(11-15(14)2)21(25)24-18-6-8-19(9-7-18)26-20-10-4-16(12-22)13-23-20/h3-5,10-11,13,18-19H,6-9H2,1-2H3,(H,24,25). The van der Waals surface area contributed by atoms with Crippen molar-refractivity contribution in [1.82, 2.24) is 10.3 Å². The Bertz CT molecular complexity index is 816. The number of carbonyl (C=O) groups excluding carboxylic acids is 1. The van der Waals surface area contributed by atoms with Gasteiger partial charge in [0.25, 0.3) is 5.91 Å². The summed E-state index contributed by atoms with van der Waals surface area (Å²) in [6.07, 6.45) is 5.14. The fourth-order valence-corrected chi connectivity index (χ4v) is 3.16. The normalized spacial score (nSPS) is 19.4. The molecule has 3 rings (SSSR count). The number of benzene rings is 1. The number of pyridine rings is 1. The molecule has 0 unspecified atom stereocenters. The van der Waals surface area contributed by atoms with Crippen molar-refractivity contribution in [3.8, 4) is 11.9 Å². The van der Waals surface area contributed by atoms with Crippen LogP contribution in [0, 0.1) is 25.2 Å². The van der Waals surface area contributed by atoms with E-state index in [1.165, 1.54) is 11.8 Å². The van der Waals surface area contributed by atoms with Crippen LogP contribution in [0.15, 0.2) is 36.5 Å². The van der Waals surface area contributed by atoms with Gasteiger partial charge in [-0.25, -0.2) is 4.98 Å². The number of amides is 1. The third-order valence-corrected chi connectivity index (χ3v) is 4.93. The first-order valence-corrected chi connectivity index (χ1v) is 8.96. The molecule has 0 saturated heterocycles. The van der Waals surface area contributed by atoms with E-state index < -0.39 is 0 Å². The van der Waals surface area contributed by atoms with Crippen LogP contribution in [0.5, 0.6) is 5.88 Å². The Labute approximate surface area is 154 Å². The fourth-order valence-electron chi connectivity index (χ4n) is 3.16. The number of aromatic nitrogens is 1. The van der Waals surface area contributed by atoms with Gasteiger partial charge in [0.15, 0.2) is 0 Å². The Kier molecular flexibility index (Phi) is 5.52. The molecular formula is C21H23N3O2. The van der Waals surface area contributed by atoms with Crippen molar-refractivity contribution >= 4 is 5.91 Å². The highest BCUT2D eigenvalue weighted by Crippen LogP contribution is 2.23. The summed E-state index contributed by atoms with van der Waals surface area (Å²) < 4.78 is 5.89. The van der Waals surface area contributed by atoms with Crippen LogP contribution >= 0.6 is 0 Å². The predicted octanol–water partition coefficient (Wildman–Crippen LogP) is 3.69. The van der Waals surface area contributed by atoms with Crippen LogP contribution in [0.25, 0.3) is 0 Å². The summed E-state index contributed by atoms with van der Waals surface area (Å²) in [6, 6.07) is 11.5. The van der Waals surface area contributed by atoms with Crippen LogP contribution in [0.1, 0.15) is 52.7 Å². The van der Waals surface area contributed by atoms with Crippen LogP contribution in [-0.2, 0) is 0 Å². The zero-order chi connectivity index (χ0) is 18.5. The van der Waals surface area contributed by atoms with E-state index in [0.717, 1.165) is 31.2 Å². The van der Waals surface area contributed by atoms with Gasteiger partial charge in [-0.15, -0.1) is 0 Å². The molecular weight excluding hydrogens is 326 g/mol. The second-order valence-electron chi connectivity index (χ2n) is 6.86. The Hall–Kier alpha value is -2.87. The van der Waals surface area contributed by atoms with E-state index in [9.17, 15) is 4.79 Å². The minimum Gasteiger partial charge on any atom is -0.474 e. The number of nitrogens with zero attached hydrogens (tertiary/aromatic N) is 2. The minimum absolute atomic E-state index is 0.00812. The van der Waals surface area contributed by atoms with Gasteiger partial charge in [0.2, 0.25) is 5.88 Å². The predicted molar refractivity (Wildman–Crippen MR) is 99.0 cm³/mol. The van der Waals surface area contributed by atoms with Crippen LogP contribution in [-0.4, -0.2) is 23.0 Å². The number of rotatable bonds is 4. The van der Waals surface area contributed by atoms with Gasteiger partial charge >= 0.3 is 0 Å². The summed E-state index contributed by atoms with van der Waals surface area (Å²) in [5, 5.41) is 11.9. The maximum absolute atomic E-state index is 12.4. The van der Waals surface area contributed by atoms with Crippen molar-refractivity contribution in [2.75, 3.05) is 0 Å². The largest absolute Gasteiger partial charge is 0.474 e. The van der Waals surface area contributed by atoms with E-state index >= 15 is 0 Å². The molecule has 1 fully saturated rings. The van der Waals surface area contributed by atoms with Gasteiger partial charge in [0.05, 0.1) is 5.56 Å². The molecule has 1 aromatic carbocycles. The number of hydrogen-bond acceptors (Lipinski definition) is 4. The zero-order valence-electron chi connectivity index (χ0n) is 15.2. The van der Waals surface area contributed by atoms with Crippen molar-refractivity contribution in [3.05, 3.63) is 58.8 Å². The molecule has 2 aromatic rings. The van der Waals surface area contributed by atoms with Crippen LogP contribution in [0.2, 0.25) is 0 Å². The number of nitriles is 1. The van der Waals surface area contributed by atoms with E-state index in [-0.39, 0.29) is 18.1 Å². The minimum atomic E-state index is -0.00812. The van der Waals surface area contributed by atoms with E-state index in [1.54, 1.807) is 12.1 Å². The molecule has 1 heterocycles. The maximum atomic E-state index is 12.4. The highest BCUT2D eigenvalue weighted by molar-refractivity contribution is 5.94.